The molecule has 0 aliphatic rings. The molecular weight excluding hydrogens is 281 g/mol. The van der Waals surface area contributed by atoms with Gasteiger partial charge in [-0.25, -0.2) is 4.39 Å². The fraction of sp³-hybridized carbons (Fsp3) is 0.385. The molecule has 1 heterocycles. The van der Waals surface area contributed by atoms with Crippen LogP contribution in [-0.4, -0.2) is 29.1 Å². The molecule has 5 nitrogen and oxygen atoms in total. The Hall–Kier alpha value is -1.89. The number of benzene rings is 1. The van der Waals surface area contributed by atoms with Crippen LogP contribution < -0.4 is 10.1 Å². The molecule has 1 amide bonds. The monoisotopic (exact) mass is 297 g/mol. The van der Waals surface area contributed by atoms with Crippen LogP contribution in [0, 0.1) is 10.6 Å². The second-order valence-electron chi connectivity index (χ2n) is 4.37. The average Bonchev–Trinajstić information content (AvgIpc) is 2.71. The van der Waals surface area contributed by atoms with Crippen LogP contribution in [0.4, 0.5) is 4.39 Å². The molecule has 2 aromatic rings. The van der Waals surface area contributed by atoms with Crippen molar-refractivity contribution in [2.24, 2.45) is 0 Å². The lowest BCUT2D eigenvalue weighted by Crippen LogP contribution is -2.28. The van der Waals surface area contributed by atoms with E-state index in [1.54, 1.807) is 4.57 Å². The maximum Gasteiger partial charge on any atom is 0.240 e. The molecule has 1 aromatic carbocycles. The zero-order valence-corrected chi connectivity index (χ0v) is 12.1. The van der Waals surface area contributed by atoms with E-state index in [9.17, 15) is 9.18 Å². The summed E-state index contributed by atoms with van der Waals surface area (Å²) in [6, 6.07) is 2.84. The van der Waals surface area contributed by atoms with Crippen molar-refractivity contribution in [2.75, 3.05) is 13.7 Å². The van der Waals surface area contributed by atoms with Gasteiger partial charge in [-0.3, -0.25) is 4.79 Å². The molecule has 0 aliphatic heterocycles. The van der Waals surface area contributed by atoms with E-state index in [0.717, 1.165) is 6.42 Å². The van der Waals surface area contributed by atoms with Crippen molar-refractivity contribution in [3.63, 3.8) is 0 Å². The minimum atomic E-state index is -0.473. The Morgan fingerprint density at radius 2 is 2.30 bits per heavy atom. The molecule has 1 aromatic heterocycles. The SMILES string of the molecule is CCCNC(=O)Cn1c(=S)[nH]c2cc(F)c(OC)cc21. The topological polar surface area (TPSA) is 59.0 Å². The number of fused-ring (bicyclic) bond motifs is 1. The molecule has 0 aliphatic carbocycles. The highest BCUT2D eigenvalue weighted by Gasteiger charge is 2.12. The van der Waals surface area contributed by atoms with Gasteiger partial charge >= 0.3 is 0 Å². The molecule has 0 unspecified atom stereocenters. The van der Waals surface area contributed by atoms with Gasteiger partial charge in [0.05, 0.1) is 18.1 Å². The number of nitrogens with one attached hydrogen (secondary N) is 2. The molecule has 2 rings (SSSR count). The van der Waals surface area contributed by atoms with Gasteiger partial charge < -0.3 is 19.6 Å². The van der Waals surface area contributed by atoms with E-state index in [-0.39, 0.29) is 18.2 Å². The summed E-state index contributed by atoms with van der Waals surface area (Å²) in [5, 5.41) is 2.78. The number of imidazole rings is 1. The van der Waals surface area contributed by atoms with E-state index in [0.29, 0.717) is 22.3 Å². The number of hydrogen-bond acceptors (Lipinski definition) is 3. The van der Waals surface area contributed by atoms with Gasteiger partial charge in [0, 0.05) is 18.7 Å². The summed E-state index contributed by atoms with van der Waals surface area (Å²) < 4.78 is 20.6. The first-order valence-electron chi connectivity index (χ1n) is 6.29. The second-order valence-corrected chi connectivity index (χ2v) is 4.76. The summed E-state index contributed by atoms with van der Waals surface area (Å²) in [6.07, 6.45) is 0.865. The summed E-state index contributed by atoms with van der Waals surface area (Å²) in [5.74, 6) is -0.486. The quantitative estimate of drug-likeness (QED) is 0.833. The number of halogens is 1. The summed E-state index contributed by atoms with van der Waals surface area (Å²) in [5.41, 5.74) is 1.18. The summed E-state index contributed by atoms with van der Waals surface area (Å²) in [6.45, 7) is 2.69. The van der Waals surface area contributed by atoms with Gasteiger partial charge in [0.25, 0.3) is 0 Å². The molecule has 0 atom stereocenters. The zero-order chi connectivity index (χ0) is 14.7. The van der Waals surface area contributed by atoms with Gasteiger partial charge in [-0.05, 0) is 18.6 Å². The first-order chi connectivity index (χ1) is 9.56. The third kappa shape index (κ3) is 2.82. The van der Waals surface area contributed by atoms with E-state index >= 15 is 0 Å². The van der Waals surface area contributed by atoms with Gasteiger partial charge in [0.15, 0.2) is 16.3 Å². The number of carbonyl (C=O) groups is 1. The Bertz CT molecular complexity index is 693. The van der Waals surface area contributed by atoms with Gasteiger partial charge in [0.2, 0.25) is 5.91 Å². The fourth-order valence-electron chi connectivity index (χ4n) is 1.94. The van der Waals surface area contributed by atoms with E-state index < -0.39 is 5.82 Å². The van der Waals surface area contributed by atoms with Crippen LogP contribution in [0.2, 0.25) is 0 Å². The predicted octanol–water partition coefficient (Wildman–Crippen LogP) is 2.37. The standard InChI is InChI=1S/C13H16FN3O2S/c1-3-4-15-12(18)7-17-10-6-11(19-2)8(14)5-9(10)16-13(17)20/h5-6H,3-4,7H2,1-2H3,(H,15,18)(H,16,20). The van der Waals surface area contributed by atoms with Crippen molar-refractivity contribution < 1.29 is 13.9 Å². The number of H-pyrrole nitrogens is 1. The summed E-state index contributed by atoms with van der Waals surface area (Å²) >= 11 is 5.17. The van der Waals surface area contributed by atoms with Crippen LogP contribution in [0.3, 0.4) is 0 Å². The third-order valence-corrected chi connectivity index (χ3v) is 3.24. The zero-order valence-electron chi connectivity index (χ0n) is 11.3. The van der Waals surface area contributed by atoms with Gasteiger partial charge in [0.1, 0.15) is 6.54 Å². The largest absolute Gasteiger partial charge is 0.494 e. The maximum atomic E-state index is 13.6. The van der Waals surface area contributed by atoms with Crippen LogP contribution in [0.1, 0.15) is 13.3 Å². The van der Waals surface area contributed by atoms with Crippen molar-refractivity contribution in [3.05, 3.63) is 22.7 Å². The number of aromatic amines is 1. The summed E-state index contributed by atoms with van der Waals surface area (Å²) in [7, 11) is 1.39. The molecule has 7 heteroatoms. The number of hydrogen-bond donors (Lipinski definition) is 2. The first kappa shape index (κ1) is 14.5. The molecule has 0 saturated carbocycles. The van der Waals surface area contributed by atoms with Crippen LogP contribution in [0.25, 0.3) is 11.0 Å². The minimum absolute atomic E-state index is 0.0909. The lowest BCUT2D eigenvalue weighted by molar-refractivity contribution is -0.121. The first-order valence-corrected chi connectivity index (χ1v) is 6.70. The van der Waals surface area contributed by atoms with Crippen LogP contribution >= 0.6 is 12.2 Å². The summed E-state index contributed by atoms with van der Waals surface area (Å²) in [4.78, 5) is 14.7. The van der Waals surface area contributed by atoms with Gasteiger partial charge in [-0.1, -0.05) is 6.92 Å². The Morgan fingerprint density at radius 1 is 1.55 bits per heavy atom. The highest BCUT2D eigenvalue weighted by molar-refractivity contribution is 7.71. The minimum Gasteiger partial charge on any atom is -0.494 e. The number of methoxy groups -OCH3 is 1. The van der Waals surface area contributed by atoms with Crippen molar-refractivity contribution in [1.29, 1.82) is 0 Å². The Balaban J connectivity index is 2.40. The van der Waals surface area contributed by atoms with Gasteiger partial charge in [-0.2, -0.15) is 0 Å². The lowest BCUT2D eigenvalue weighted by atomic mass is 10.3. The van der Waals surface area contributed by atoms with E-state index in [2.05, 4.69) is 10.3 Å². The van der Waals surface area contributed by atoms with Gasteiger partial charge in [-0.15, -0.1) is 0 Å². The number of ether oxygens (including phenoxy) is 1. The lowest BCUT2D eigenvalue weighted by Gasteiger charge is -2.07. The smallest absolute Gasteiger partial charge is 0.240 e. The molecule has 0 fully saturated rings. The molecule has 0 spiro atoms. The second kappa shape index (κ2) is 6.04. The molecule has 0 radical (unpaired) electrons. The highest BCUT2D eigenvalue weighted by atomic mass is 32.1. The Morgan fingerprint density at radius 3 is 2.95 bits per heavy atom. The van der Waals surface area contributed by atoms with Crippen molar-refractivity contribution in [1.82, 2.24) is 14.9 Å². The predicted molar refractivity (Wildman–Crippen MR) is 76.9 cm³/mol. The Labute approximate surface area is 120 Å². The molecule has 2 N–H and O–H groups in total. The number of amides is 1. The van der Waals surface area contributed by atoms with Crippen LogP contribution in [0.5, 0.6) is 5.75 Å². The van der Waals surface area contributed by atoms with E-state index in [4.69, 9.17) is 17.0 Å². The molecule has 0 saturated heterocycles. The molecule has 108 valence electrons. The van der Waals surface area contributed by atoms with E-state index in [1.807, 2.05) is 6.92 Å². The van der Waals surface area contributed by atoms with Crippen LogP contribution in [0.15, 0.2) is 12.1 Å². The van der Waals surface area contributed by atoms with Crippen LogP contribution in [-0.2, 0) is 11.3 Å². The van der Waals surface area contributed by atoms with Crippen molar-refractivity contribution in [3.8, 4) is 5.75 Å². The maximum absolute atomic E-state index is 13.6. The highest BCUT2D eigenvalue weighted by Crippen LogP contribution is 2.24. The molecule has 20 heavy (non-hydrogen) atoms. The third-order valence-electron chi connectivity index (χ3n) is 2.92. The molecular formula is C13H16FN3O2S. The van der Waals surface area contributed by atoms with Crippen molar-refractivity contribution >= 4 is 29.2 Å². The van der Waals surface area contributed by atoms with E-state index in [1.165, 1.54) is 19.2 Å². The average molecular weight is 297 g/mol. The number of rotatable bonds is 5. The number of nitrogens with zero attached hydrogens (tertiary/aromatic N) is 1. The normalized spacial score (nSPS) is 10.8. The number of carbonyl (C=O) groups excluding carboxylic acids is 1. The fourth-order valence-corrected chi connectivity index (χ4v) is 2.21. The van der Waals surface area contributed by atoms with Crippen molar-refractivity contribution in [2.45, 2.75) is 19.9 Å². The molecule has 0 bridgehead atoms. The Kier molecular flexibility index (Phi) is 4.39. The number of aromatic nitrogens is 2.